The molecule has 3 rings (SSSR count). The molecule has 3 heterocycles. The highest BCUT2D eigenvalue weighted by molar-refractivity contribution is 5.92. The number of pyridine rings is 1. The Labute approximate surface area is 149 Å². The molecule has 1 amide bonds. The molecule has 2 aromatic rings. The van der Waals surface area contributed by atoms with Crippen molar-refractivity contribution < 1.29 is 4.79 Å². The van der Waals surface area contributed by atoms with Gasteiger partial charge in [-0.25, -0.2) is 4.98 Å². The van der Waals surface area contributed by atoms with Gasteiger partial charge in [-0.05, 0) is 64.3 Å². The smallest absolute Gasteiger partial charge is 0.272 e. The summed E-state index contributed by atoms with van der Waals surface area (Å²) in [5.74, 6) is 0.850. The van der Waals surface area contributed by atoms with Crippen LogP contribution in [0.5, 0.6) is 0 Å². The number of nitrogens with one attached hydrogen (secondary N) is 1. The van der Waals surface area contributed by atoms with Crippen molar-refractivity contribution in [3.63, 3.8) is 0 Å². The predicted octanol–water partition coefficient (Wildman–Crippen LogP) is 2.87. The molecule has 0 saturated carbocycles. The molecule has 6 nitrogen and oxygen atoms in total. The maximum atomic E-state index is 12.4. The Morgan fingerprint density at radius 2 is 1.96 bits per heavy atom. The van der Waals surface area contributed by atoms with E-state index in [-0.39, 0.29) is 11.4 Å². The van der Waals surface area contributed by atoms with Crippen molar-refractivity contribution in [2.24, 2.45) is 0 Å². The quantitative estimate of drug-likeness (QED) is 0.929. The molecule has 1 aliphatic rings. The molecule has 134 valence electrons. The lowest BCUT2D eigenvalue weighted by Crippen LogP contribution is -2.27. The Hall–Kier alpha value is -2.37. The molecule has 1 fully saturated rings. The van der Waals surface area contributed by atoms with E-state index < -0.39 is 0 Å². The summed E-state index contributed by atoms with van der Waals surface area (Å²) >= 11 is 0. The molecule has 1 saturated heterocycles. The molecule has 2 aromatic heterocycles. The Morgan fingerprint density at radius 3 is 2.60 bits per heavy atom. The van der Waals surface area contributed by atoms with Gasteiger partial charge in [-0.3, -0.25) is 9.48 Å². The molecule has 25 heavy (non-hydrogen) atoms. The summed E-state index contributed by atoms with van der Waals surface area (Å²) in [6.45, 7) is 10.8. The first kappa shape index (κ1) is 17.5. The number of aromatic nitrogens is 3. The maximum Gasteiger partial charge on any atom is 0.272 e. The summed E-state index contributed by atoms with van der Waals surface area (Å²) in [6.07, 6.45) is 4.25. The van der Waals surface area contributed by atoms with Crippen molar-refractivity contribution in [2.45, 2.75) is 52.6 Å². The Bertz CT molecular complexity index is 753. The van der Waals surface area contributed by atoms with Gasteiger partial charge in [-0.1, -0.05) is 0 Å². The molecule has 0 aliphatic carbocycles. The second-order valence-corrected chi connectivity index (χ2v) is 7.65. The van der Waals surface area contributed by atoms with E-state index in [4.69, 9.17) is 0 Å². The number of carbonyl (C=O) groups is 1. The minimum atomic E-state index is -0.148. The summed E-state index contributed by atoms with van der Waals surface area (Å²) in [4.78, 5) is 19.2. The number of nitrogens with zero attached hydrogens (tertiary/aromatic N) is 4. The van der Waals surface area contributed by atoms with Crippen LogP contribution in [0.1, 0.15) is 55.4 Å². The van der Waals surface area contributed by atoms with E-state index in [1.54, 1.807) is 0 Å². The highest BCUT2D eigenvalue weighted by atomic mass is 16.1. The average Bonchev–Trinajstić information content (AvgIpc) is 3.22. The van der Waals surface area contributed by atoms with Crippen LogP contribution < -0.4 is 10.2 Å². The molecule has 0 atom stereocenters. The van der Waals surface area contributed by atoms with Crippen molar-refractivity contribution >= 4 is 11.7 Å². The van der Waals surface area contributed by atoms with E-state index in [9.17, 15) is 4.79 Å². The highest BCUT2D eigenvalue weighted by Crippen LogP contribution is 2.19. The summed E-state index contributed by atoms with van der Waals surface area (Å²) in [6, 6.07) is 5.84. The van der Waals surface area contributed by atoms with Crippen LogP contribution in [0.3, 0.4) is 0 Å². The summed E-state index contributed by atoms with van der Waals surface area (Å²) in [7, 11) is 0. The minimum Gasteiger partial charge on any atom is -0.357 e. The first-order chi connectivity index (χ1) is 11.8. The van der Waals surface area contributed by atoms with Gasteiger partial charge in [0.25, 0.3) is 5.91 Å². The van der Waals surface area contributed by atoms with Crippen LogP contribution in [0.25, 0.3) is 0 Å². The molecule has 0 unspecified atom stereocenters. The summed E-state index contributed by atoms with van der Waals surface area (Å²) in [5, 5.41) is 7.42. The van der Waals surface area contributed by atoms with Crippen LogP contribution in [-0.4, -0.2) is 33.8 Å². The molecule has 1 aliphatic heterocycles. The predicted molar refractivity (Wildman–Crippen MR) is 98.8 cm³/mol. The van der Waals surface area contributed by atoms with E-state index in [0.717, 1.165) is 30.2 Å². The first-order valence-corrected chi connectivity index (χ1v) is 8.90. The number of anilines is 1. The third kappa shape index (κ3) is 4.00. The third-order valence-electron chi connectivity index (χ3n) is 4.45. The second kappa shape index (κ2) is 6.86. The monoisotopic (exact) mass is 341 g/mol. The molecule has 0 radical (unpaired) electrons. The second-order valence-electron chi connectivity index (χ2n) is 7.65. The number of hydrogen-bond donors (Lipinski definition) is 1. The van der Waals surface area contributed by atoms with Crippen molar-refractivity contribution in [1.29, 1.82) is 0 Å². The summed E-state index contributed by atoms with van der Waals surface area (Å²) < 4.78 is 1.89. The lowest BCUT2D eigenvalue weighted by Gasteiger charge is -2.21. The Balaban J connectivity index is 1.65. The van der Waals surface area contributed by atoms with Gasteiger partial charge >= 0.3 is 0 Å². The fourth-order valence-corrected chi connectivity index (χ4v) is 3.23. The van der Waals surface area contributed by atoms with Gasteiger partial charge < -0.3 is 10.2 Å². The average molecular weight is 341 g/mol. The molecule has 0 bridgehead atoms. The zero-order valence-corrected chi connectivity index (χ0v) is 15.5. The third-order valence-corrected chi connectivity index (χ3v) is 4.45. The molecule has 1 N–H and O–H groups in total. The molecule has 6 heteroatoms. The van der Waals surface area contributed by atoms with Gasteiger partial charge in [-0.15, -0.1) is 0 Å². The summed E-state index contributed by atoms with van der Waals surface area (Å²) in [5.41, 5.74) is 2.36. The van der Waals surface area contributed by atoms with E-state index in [2.05, 4.69) is 47.1 Å². The van der Waals surface area contributed by atoms with Crippen LogP contribution in [0.4, 0.5) is 5.82 Å². The van der Waals surface area contributed by atoms with Gasteiger partial charge in [0, 0.05) is 31.5 Å². The van der Waals surface area contributed by atoms with Crippen LogP contribution >= 0.6 is 0 Å². The molecule has 0 spiro atoms. The lowest BCUT2D eigenvalue weighted by atomic mass is 10.1. The van der Waals surface area contributed by atoms with Crippen molar-refractivity contribution in [3.05, 3.63) is 41.3 Å². The number of amides is 1. The fourth-order valence-electron chi connectivity index (χ4n) is 3.23. The van der Waals surface area contributed by atoms with Gasteiger partial charge in [0.1, 0.15) is 11.5 Å². The van der Waals surface area contributed by atoms with Crippen LogP contribution in [0.15, 0.2) is 24.4 Å². The van der Waals surface area contributed by atoms with Crippen molar-refractivity contribution in [3.8, 4) is 0 Å². The zero-order chi connectivity index (χ0) is 18.0. The van der Waals surface area contributed by atoms with Crippen molar-refractivity contribution in [2.75, 3.05) is 18.0 Å². The minimum absolute atomic E-state index is 0.141. The van der Waals surface area contributed by atoms with E-state index in [1.807, 2.05) is 29.9 Å². The standard InChI is InChI=1S/C19H27N5O/c1-14-11-16(22-24(14)19(2,3)4)18(25)21-13-15-7-8-20-17(12-15)23-9-5-6-10-23/h7-8,11-12H,5-6,9-10,13H2,1-4H3,(H,21,25). The normalized spacial score (nSPS) is 14.8. The zero-order valence-electron chi connectivity index (χ0n) is 15.5. The van der Waals surface area contributed by atoms with Gasteiger partial charge in [0.15, 0.2) is 0 Å². The van der Waals surface area contributed by atoms with E-state index in [1.165, 1.54) is 12.8 Å². The van der Waals surface area contributed by atoms with Crippen LogP contribution in [-0.2, 0) is 12.1 Å². The number of aryl methyl sites for hydroxylation is 1. The maximum absolute atomic E-state index is 12.4. The number of hydrogen-bond acceptors (Lipinski definition) is 4. The number of rotatable bonds is 4. The lowest BCUT2D eigenvalue weighted by molar-refractivity contribution is 0.0944. The van der Waals surface area contributed by atoms with Gasteiger partial charge in [0.2, 0.25) is 0 Å². The topological polar surface area (TPSA) is 63.1 Å². The fraction of sp³-hybridized carbons (Fsp3) is 0.526. The number of carbonyl (C=O) groups excluding carboxylic acids is 1. The Morgan fingerprint density at radius 1 is 1.24 bits per heavy atom. The largest absolute Gasteiger partial charge is 0.357 e. The van der Waals surface area contributed by atoms with E-state index in [0.29, 0.717) is 12.2 Å². The highest BCUT2D eigenvalue weighted by Gasteiger charge is 2.20. The van der Waals surface area contributed by atoms with Crippen molar-refractivity contribution in [1.82, 2.24) is 20.1 Å². The van der Waals surface area contributed by atoms with Crippen LogP contribution in [0, 0.1) is 6.92 Å². The Kier molecular flexibility index (Phi) is 4.79. The van der Waals surface area contributed by atoms with E-state index >= 15 is 0 Å². The van der Waals surface area contributed by atoms with Gasteiger partial charge in [0.05, 0.1) is 5.54 Å². The molecular weight excluding hydrogens is 314 g/mol. The molecular formula is C19H27N5O. The molecule has 0 aromatic carbocycles. The first-order valence-electron chi connectivity index (χ1n) is 8.90. The van der Waals surface area contributed by atoms with Crippen LogP contribution in [0.2, 0.25) is 0 Å². The van der Waals surface area contributed by atoms with Gasteiger partial charge in [-0.2, -0.15) is 5.10 Å². The SMILES string of the molecule is Cc1cc(C(=O)NCc2ccnc(N3CCCC3)c2)nn1C(C)(C)C.